The van der Waals surface area contributed by atoms with E-state index in [9.17, 15) is 0 Å². The average molecular weight is 312 g/mol. The number of hydrogen-bond acceptors (Lipinski definition) is 3. The van der Waals surface area contributed by atoms with Crippen LogP contribution >= 0.6 is 34.7 Å². The summed E-state index contributed by atoms with van der Waals surface area (Å²) in [5.74, 6) is 0. The van der Waals surface area contributed by atoms with Crippen LogP contribution in [0.2, 0.25) is 5.02 Å². The van der Waals surface area contributed by atoms with Gasteiger partial charge in [-0.15, -0.1) is 11.3 Å². The molecule has 0 N–H and O–H groups in total. The predicted molar refractivity (Wildman–Crippen MR) is 86.8 cm³/mol. The third kappa shape index (κ3) is 5.19. The molecule has 1 aromatic heterocycles. The van der Waals surface area contributed by atoms with Crippen molar-refractivity contribution >= 4 is 34.7 Å². The van der Waals surface area contributed by atoms with E-state index in [-0.39, 0.29) is 0 Å². The van der Waals surface area contributed by atoms with Crippen molar-refractivity contribution in [1.82, 2.24) is 4.90 Å². The Balaban J connectivity index is 1.88. The minimum absolute atomic E-state index is 0.792. The largest absolute Gasteiger partial charge is 0.309 e. The van der Waals surface area contributed by atoms with Gasteiger partial charge in [-0.25, -0.2) is 0 Å². The molecule has 0 amide bonds. The molecule has 0 saturated carbocycles. The van der Waals surface area contributed by atoms with Gasteiger partial charge in [0.05, 0.1) is 4.21 Å². The van der Waals surface area contributed by atoms with Crippen molar-refractivity contribution in [1.29, 1.82) is 0 Å². The maximum Gasteiger partial charge on any atom is 0.0649 e. The van der Waals surface area contributed by atoms with Crippen molar-refractivity contribution in [2.45, 2.75) is 21.9 Å². The SMILES string of the molecule is CN(C)CCCc1ccc(Sc2ccc(Cl)cc2)s1. The number of rotatable bonds is 6. The molecule has 0 fully saturated rings. The first-order valence-electron chi connectivity index (χ1n) is 6.30. The van der Waals surface area contributed by atoms with Gasteiger partial charge in [0.15, 0.2) is 0 Å². The third-order valence-corrected chi connectivity index (χ3v) is 5.23. The topological polar surface area (TPSA) is 3.24 Å². The van der Waals surface area contributed by atoms with Gasteiger partial charge in [0.2, 0.25) is 0 Å². The molecule has 19 heavy (non-hydrogen) atoms. The molecule has 2 rings (SSSR count). The standard InChI is InChI=1S/C15H18ClNS2/c1-17(2)11-3-4-13-9-10-15(18-13)19-14-7-5-12(16)6-8-14/h5-10H,3-4,11H2,1-2H3. The van der Waals surface area contributed by atoms with Crippen molar-refractivity contribution in [2.75, 3.05) is 20.6 Å². The lowest BCUT2D eigenvalue weighted by molar-refractivity contribution is 0.401. The van der Waals surface area contributed by atoms with Crippen LogP contribution in [-0.2, 0) is 6.42 Å². The fourth-order valence-corrected chi connectivity index (χ4v) is 4.06. The quantitative estimate of drug-likeness (QED) is 0.734. The summed E-state index contributed by atoms with van der Waals surface area (Å²) in [5.41, 5.74) is 0. The van der Waals surface area contributed by atoms with Crippen LogP contribution in [0.4, 0.5) is 0 Å². The van der Waals surface area contributed by atoms with E-state index in [0.29, 0.717) is 0 Å². The van der Waals surface area contributed by atoms with Crippen LogP contribution in [0, 0.1) is 0 Å². The Labute approximate surface area is 128 Å². The smallest absolute Gasteiger partial charge is 0.0649 e. The molecule has 0 atom stereocenters. The lowest BCUT2D eigenvalue weighted by Gasteiger charge is -2.07. The number of thiophene rings is 1. The second-order valence-corrected chi connectivity index (χ2v) is 7.66. The maximum absolute atomic E-state index is 5.89. The van der Waals surface area contributed by atoms with E-state index in [0.717, 1.165) is 11.6 Å². The molecule has 0 unspecified atom stereocenters. The monoisotopic (exact) mass is 311 g/mol. The Bertz CT molecular complexity index is 505. The van der Waals surface area contributed by atoms with E-state index in [4.69, 9.17) is 11.6 Å². The molecule has 1 nitrogen and oxygen atoms in total. The predicted octanol–water partition coefficient (Wildman–Crippen LogP) is 5.05. The minimum Gasteiger partial charge on any atom is -0.309 e. The minimum atomic E-state index is 0.792. The lowest BCUT2D eigenvalue weighted by atomic mass is 10.2. The van der Waals surface area contributed by atoms with Crippen molar-refractivity contribution < 1.29 is 0 Å². The summed E-state index contributed by atoms with van der Waals surface area (Å²) in [6, 6.07) is 12.5. The van der Waals surface area contributed by atoms with Gasteiger partial charge < -0.3 is 4.90 Å². The second kappa shape index (κ2) is 7.34. The highest BCUT2D eigenvalue weighted by Gasteiger charge is 2.03. The summed E-state index contributed by atoms with van der Waals surface area (Å²) in [5, 5.41) is 0.792. The zero-order chi connectivity index (χ0) is 13.7. The van der Waals surface area contributed by atoms with E-state index in [2.05, 4.69) is 43.3 Å². The van der Waals surface area contributed by atoms with Crippen LogP contribution in [0.25, 0.3) is 0 Å². The van der Waals surface area contributed by atoms with Crippen LogP contribution in [0.15, 0.2) is 45.5 Å². The highest BCUT2D eigenvalue weighted by Crippen LogP contribution is 2.34. The average Bonchev–Trinajstić information content (AvgIpc) is 2.79. The summed E-state index contributed by atoms with van der Waals surface area (Å²) < 4.78 is 1.35. The number of hydrogen-bond donors (Lipinski definition) is 0. The van der Waals surface area contributed by atoms with Gasteiger partial charge in [0.25, 0.3) is 0 Å². The molecule has 0 aliphatic carbocycles. The van der Waals surface area contributed by atoms with Crippen molar-refractivity contribution in [3.63, 3.8) is 0 Å². The Morgan fingerprint density at radius 3 is 2.53 bits per heavy atom. The van der Waals surface area contributed by atoms with Crippen LogP contribution in [0.1, 0.15) is 11.3 Å². The molecule has 2 aromatic rings. The summed E-state index contributed by atoms with van der Waals surface area (Å²) in [7, 11) is 4.24. The van der Waals surface area contributed by atoms with Gasteiger partial charge in [-0.2, -0.15) is 0 Å². The number of nitrogens with zero attached hydrogens (tertiary/aromatic N) is 1. The molecule has 1 aromatic carbocycles. The first kappa shape index (κ1) is 14.9. The summed E-state index contributed by atoms with van der Waals surface area (Å²) in [6.45, 7) is 1.15. The van der Waals surface area contributed by atoms with Crippen LogP contribution in [-0.4, -0.2) is 25.5 Å². The van der Waals surface area contributed by atoms with E-state index >= 15 is 0 Å². The Morgan fingerprint density at radius 1 is 1.11 bits per heavy atom. The highest BCUT2D eigenvalue weighted by atomic mass is 35.5. The number of benzene rings is 1. The Morgan fingerprint density at radius 2 is 1.84 bits per heavy atom. The highest BCUT2D eigenvalue weighted by molar-refractivity contribution is 8.01. The van der Waals surface area contributed by atoms with E-state index in [1.54, 1.807) is 11.8 Å². The Hall–Kier alpha value is -0.480. The molecule has 0 bridgehead atoms. The molecule has 1 heterocycles. The third-order valence-electron chi connectivity index (χ3n) is 2.70. The van der Waals surface area contributed by atoms with Gasteiger partial charge in [0.1, 0.15) is 0 Å². The summed E-state index contributed by atoms with van der Waals surface area (Å²) in [6.07, 6.45) is 2.39. The van der Waals surface area contributed by atoms with E-state index < -0.39 is 0 Å². The van der Waals surface area contributed by atoms with Crippen LogP contribution in [0.5, 0.6) is 0 Å². The summed E-state index contributed by atoms with van der Waals surface area (Å²) in [4.78, 5) is 4.95. The first-order valence-corrected chi connectivity index (χ1v) is 8.31. The molecule has 4 heteroatoms. The Kier molecular flexibility index (Phi) is 5.76. The molecule has 102 valence electrons. The van der Waals surface area contributed by atoms with Crippen LogP contribution in [0.3, 0.4) is 0 Å². The number of aryl methyl sites for hydroxylation is 1. The van der Waals surface area contributed by atoms with Crippen LogP contribution < -0.4 is 0 Å². The van der Waals surface area contributed by atoms with Gasteiger partial charge in [-0.05, 0) is 69.9 Å². The zero-order valence-electron chi connectivity index (χ0n) is 11.2. The van der Waals surface area contributed by atoms with Gasteiger partial charge >= 0.3 is 0 Å². The maximum atomic E-state index is 5.89. The molecular weight excluding hydrogens is 294 g/mol. The normalized spacial score (nSPS) is 11.2. The van der Waals surface area contributed by atoms with Gasteiger partial charge in [0, 0.05) is 14.8 Å². The molecule has 0 radical (unpaired) electrons. The summed E-state index contributed by atoms with van der Waals surface area (Å²) >= 11 is 9.59. The van der Waals surface area contributed by atoms with Crippen molar-refractivity contribution in [3.05, 3.63) is 46.3 Å². The fraction of sp³-hybridized carbons (Fsp3) is 0.333. The molecule has 0 spiro atoms. The van der Waals surface area contributed by atoms with Gasteiger partial charge in [-0.1, -0.05) is 23.4 Å². The van der Waals surface area contributed by atoms with E-state index in [1.807, 2.05) is 23.5 Å². The second-order valence-electron chi connectivity index (χ2n) is 4.68. The molecular formula is C15H18ClNS2. The van der Waals surface area contributed by atoms with E-state index in [1.165, 1.54) is 26.8 Å². The molecule has 0 aliphatic rings. The van der Waals surface area contributed by atoms with Gasteiger partial charge in [-0.3, -0.25) is 0 Å². The molecule has 0 saturated heterocycles. The number of halogens is 1. The first-order chi connectivity index (χ1) is 9.13. The van der Waals surface area contributed by atoms with Crippen molar-refractivity contribution in [2.24, 2.45) is 0 Å². The molecule has 0 aliphatic heterocycles. The lowest BCUT2D eigenvalue weighted by Crippen LogP contribution is -2.13. The van der Waals surface area contributed by atoms with Crippen molar-refractivity contribution in [3.8, 4) is 0 Å². The fourth-order valence-electron chi connectivity index (χ4n) is 1.74. The zero-order valence-corrected chi connectivity index (χ0v) is 13.6.